The first kappa shape index (κ1) is 17.2. The summed E-state index contributed by atoms with van der Waals surface area (Å²) >= 11 is 3.32. The Balaban J connectivity index is 1.55. The Morgan fingerprint density at radius 3 is 2.52 bits per heavy atom. The number of hydrogen-bond donors (Lipinski definition) is 0. The Labute approximate surface area is 163 Å². The number of hydrogen-bond acceptors (Lipinski definition) is 5. The quantitative estimate of drug-likeness (QED) is 0.349. The lowest BCUT2D eigenvalue weighted by molar-refractivity contribution is 0.0734. The number of pyridine rings is 1. The average Bonchev–Trinajstić information content (AvgIpc) is 2.98. The summed E-state index contributed by atoms with van der Waals surface area (Å²) in [5.41, 5.74) is 1.66. The highest BCUT2D eigenvalue weighted by atomic mass is 79.9. The lowest BCUT2D eigenvalue weighted by Crippen LogP contribution is -2.08. The van der Waals surface area contributed by atoms with Crippen LogP contribution in [0.25, 0.3) is 6.08 Å². The molecule has 5 nitrogen and oxygen atoms in total. The molecule has 0 saturated heterocycles. The van der Waals surface area contributed by atoms with Crippen molar-refractivity contribution in [1.29, 1.82) is 0 Å². The molecule has 0 radical (unpaired) electrons. The number of nitrogens with zero attached hydrogens (tertiary/aromatic N) is 1. The van der Waals surface area contributed by atoms with Crippen LogP contribution in [0.15, 0.2) is 77.2 Å². The number of Topliss-reactive ketones (excluding diaryl/α,β-unsaturated/α-hetero) is 1. The molecule has 1 aliphatic heterocycles. The number of allylic oxidation sites excluding steroid dienone is 1. The largest absolute Gasteiger partial charge is 0.452 e. The number of rotatable bonds is 3. The van der Waals surface area contributed by atoms with Gasteiger partial charge < -0.3 is 9.47 Å². The molecule has 0 saturated carbocycles. The molecule has 6 heteroatoms. The van der Waals surface area contributed by atoms with Crippen molar-refractivity contribution in [2.24, 2.45) is 0 Å². The van der Waals surface area contributed by atoms with Gasteiger partial charge >= 0.3 is 5.97 Å². The third kappa shape index (κ3) is 3.66. The van der Waals surface area contributed by atoms with E-state index in [1.807, 2.05) is 0 Å². The van der Waals surface area contributed by atoms with Crippen LogP contribution < -0.4 is 9.47 Å². The second kappa shape index (κ2) is 7.17. The fourth-order valence-corrected chi connectivity index (χ4v) is 2.86. The summed E-state index contributed by atoms with van der Waals surface area (Å²) in [5.74, 6) is 0.181. The molecule has 0 bridgehead atoms. The minimum Gasteiger partial charge on any atom is -0.452 e. The van der Waals surface area contributed by atoms with Gasteiger partial charge in [-0.05, 0) is 60.2 Å². The van der Waals surface area contributed by atoms with Crippen molar-refractivity contribution in [2.75, 3.05) is 0 Å². The fourth-order valence-electron chi connectivity index (χ4n) is 2.59. The number of esters is 1. The van der Waals surface area contributed by atoms with Gasteiger partial charge in [0.05, 0.1) is 11.1 Å². The van der Waals surface area contributed by atoms with Crippen LogP contribution in [0.2, 0.25) is 0 Å². The first-order chi connectivity index (χ1) is 13.1. The Hall–Kier alpha value is -3.25. The molecule has 4 rings (SSSR count). The number of fused-ring (bicyclic) bond motifs is 1. The summed E-state index contributed by atoms with van der Waals surface area (Å²) in [7, 11) is 0. The molecule has 0 amide bonds. The van der Waals surface area contributed by atoms with E-state index >= 15 is 0 Å². The van der Waals surface area contributed by atoms with Crippen LogP contribution >= 0.6 is 15.9 Å². The van der Waals surface area contributed by atoms with Crippen molar-refractivity contribution in [1.82, 2.24) is 4.98 Å². The van der Waals surface area contributed by atoms with Gasteiger partial charge in [-0.15, -0.1) is 0 Å². The van der Waals surface area contributed by atoms with Crippen LogP contribution in [0.5, 0.6) is 11.5 Å². The third-order valence-electron chi connectivity index (χ3n) is 3.94. The molecule has 1 aliphatic rings. The standard InChI is InChI=1S/C21H12BrNO4/c22-15-3-1-14(2-4-15)21(25)26-16-5-6-17-18(12-16)27-19(20(17)24)11-13-7-9-23-10-8-13/h1-12H. The minimum atomic E-state index is -0.487. The number of benzene rings is 2. The Morgan fingerprint density at radius 2 is 1.78 bits per heavy atom. The second-order valence-corrected chi connectivity index (χ2v) is 6.69. The maximum absolute atomic E-state index is 12.5. The van der Waals surface area contributed by atoms with Crippen molar-refractivity contribution >= 4 is 33.8 Å². The van der Waals surface area contributed by atoms with E-state index in [-0.39, 0.29) is 11.5 Å². The van der Waals surface area contributed by atoms with Gasteiger partial charge in [0.25, 0.3) is 0 Å². The highest BCUT2D eigenvalue weighted by molar-refractivity contribution is 9.10. The predicted octanol–water partition coefficient (Wildman–Crippen LogP) is 4.68. The molecule has 0 spiro atoms. The van der Waals surface area contributed by atoms with Gasteiger partial charge in [0.1, 0.15) is 11.5 Å². The van der Waals surface area contributed by atoms with Gasteiger partial charge in [0.15, 0.2) is 5.76 Å². The summed E-state index contributed by atoms with van der Waals surface area (Å²) in [6, 6.07) is 15.1. The molecule has 0 N–H and O–H groups in total. The molecule has 0 fully saturated rings. The van der Waals surface area contributed by atoms with E-state index in [1.54, 1.807) is 67.0 Å². The minimum absolute atomic E-state index is 0.215. The molecular formula is C21H12BrNO4. The molecule has 0 unspecified atom stereocenters. The third-order valence-corrected chi connectivity index (χ3v) is 4.46. The van der Waals surface area contributed by atoms with Crippen LogP contribution in [0.1, 0.15) is 26.3 Å². The number of aromatic nitrogens is 1. The van der Waals surface area contributed by atoms with Crippen LogP contribution in [0.4, 0.5) is 0 Å². The Morgan fingerprint density at radius 1 is 1.04 bits per heavy atom. The highest BCUT2D eigenvalue weighted by Crippen LogP contribution is 2.35. The van der Waals surface area contributed by atoms with Gasteiger partial charge in [-0.3, -0.25) is 9.78 Å². The summed E-state index contributed by atoms with van der Waals surface area (Å²) in [5, 5.41) is 0. The van der Waals surface area contributed by atoms with Gasteiger partial charge in [0.2, 0.25) is 5.78 Å². The van der Waals surface area contributed by atoms with Crippen LogP contribution in [-0.4, -0.2) is 16.7 Å². The predicted molar refractivity (Wildman–Crippen MR) is 103 cm³/mol. The van der Waals surface area contributed by atoms with Crippen LogP contribution in [0, 0.1) is 0 Å². The lowest BCUT2D eigenvalue weighted by atomic mass is 10.1. The Kier molecular flexibility index (Phi) is 4.56. The van der Waals surface area contributed by atoms with E-state index < -0.39 is 5.97 Å². The first-order valence-corrected chi connectivity index (χ1v) is 8.85. The average molecular weight is 422 g/mol. The van der Waals surface area contributed by atoms with E-state index in [1.165, 1.54) is 6.07 Å². The van der Waals surface area contributed by atoms with Crippen molar-refractivity contribution in [2.45, 2.75) is 0 Å². The molecule has 132 valence electrons. The zero-order chi connectivity index (χ0) is 18.8. The second-order valence-electron chi connectivity index (χ2n) is 5.77. The maximum atomic E-state index is 12.5. The van der Waals surface area contributed by atoms with Gasteiger partial charge in [-0.25, -0.2) is 4.79 Å². The molecule has 0 atom stereocenters. The molecule has 27 heavy (non-hydrogen) atoms. The van der Waals surface area contributed by atoms with Crippen molar-refractivity contribution in [3.05, 3.63) is 93.9 Å². The molecule has 3 aromatic rings. The SMILES string of the molecule is O=C(Oc1ccc2c(c1)OC(=Cc1ccncc1)C2=O)c1ccc(Br)cc1. The van der Waals surface area contributed by atoms with E-state index in [0.717, 1.165) is 10.0 Å². The number of carbonyl (C=O) groups excluding carboxylic acids is 2. The van der Waals surface area contributed by atoms with Gasteiger partial charge in [0, 0.05) is 22.9 Å². The number of ether oxygens (including phenoxy) is 2. The molecule has 2 heterocycles. The number of halogens is 1. The molecule has 1 aromatic heterocycles. The first-order valence-electron chi connectivity index (χ1n) is 8.06. The zero-order valence-corrected chi connectivity index (χ0v) is 15.5. The topological polar surface area (TPSA) is 65.5 Å². The molecular weight excluding hydrogens is 410 g/mol. The number of carbonyl (C=O) groups is 2. The van der Waals surface area contributed by atoms with Crippen molar-refractivity contribution in [3.8, 4) is 11.5 Å². The highest BCUT2D eigenvalue weighted by Gasteiger charge is 2.28. The fraction of sp³-hybridized carbons (Fsp3) is 0. The normalized spacial score (nSPS) is 14.0. The van der Waals surface area contributed by atoms with E-state index in [0.29, 0.717) is 22.6 Å². The lowest BCUT2D eigenvalue weighted by Gasteiger charge is -2.05. The van der Waals surface area contributed by atoms with Crippen LogP contribution in [-0.2, 0) is 0 Å². The van der Waals surface area contributed by atoms with Gasteiger partial charge in [-0.1, -0.05) is 15.9 Å². The summed E-state index contributed by atoms with van der Waals surface area (Å²) in [4.78, 5) is 28.6. The smallest absolute Gasteiger partial charge is 0.343 e. The Bertz CT molecular complexity index is 1060. The van der Waals surface area contributed by atoms with Crippen molar-refractivity contribution in [3.63, 3.8) is 0 Å². The van der Waals surface area contributed by atoms with Gasteiger partial charge in [-0.2, -0.15) is 0 Å². The maximum Gasteiger partial charge on any atom is 0.343 e. The molecule has 0 aliphatic carbocycles. The zero-order valence-electron chi connectivity index (χ0n) is 13.9. The monoisotopic (exact) mass is 421 g/mol. The summed E-state index contributed by atoms with van der Waals surface area (Å²) < 4.78 is 11.9. The van der Waals surface area contributed by atoms with E-state index in [9.17, 15) is 9.59 Å². The molecule has 2 aromatic carbocycles. The summed E-state index contributed by atoms with van der Waals surface area (Å²) in [6.45, 7) is 0. The van der Waals surface area contributed by atoms with Crippen LogP contribution in [0.3, 0.4) is 0 Å². The van der Waals surface area contributed by atoms with E-state index in [4.69, 9.17) is 9.47 Å². The number of ketones is 1. The van der Waals surface area contributed by atoms with E-state index in [2.05, 4.69) is 20.9 Å². The summed E-state index contributed by atoms with van der Waals surface area (Å²) in [6.07, 6.45) is 4.93. The van der Waals surface area contributed by atoms with Crippen molar-refractivity contribution < 1.29 is 19.1 Å².